The van der Waals surface area contributed by atoms with Gasteiger partial charge >= 0.3 is 0 Å². The minimum Gasteiger partial charge on any atom is -0.354 e. The van der Waals surface area contributed by atoms with E-state index < -0.39 is 0 Å². The molecule has 114 valence electrons. The lowest BCUT2D eigenvalue weighted by Gasteiger charge is -2.21. The largest absolute Gasteiger partial charge is 0.354 e. The maximum Gasteiger partial charge on any atom is 0.131 e. The second-order valence-corrected chi connectivity index (χ2v) is 5.37. The van der Waals surface area contributed by atoms with Crippen molar-refractivity contribution in [3.8, 4) is 0 Å². The van der Waals surface area contributed by atoms with Crippen LogP contribution in [0.5, 0.6) is 0 Å². The number of rotatable bonds is 7. The quantitative estimate of drug-likeness (QED) is 0.794. The molecule has 2 heterocycles. The first-order chi connectivity index (χ1) is 10.1. The van der Waals surface area contributed by atoms with Crippen LogP contribution < -0.4 is 10.2 Å². The van der Waals surface area contributed by atoms with Gasteiger partial charge in [0.05, 0.1) is 17.9 Å². The van der Waals surface area contributed by atoms with Gasteiger partial charge in [0.2, 0.25) is 0 Å². The second kappa shape index (κ2) is 7.22. The normalized spacial score (nSPS) is 10.9. The predicted octanol–water partition coefficient (Wildman–Crippen LogP) is 2.26. The highest BCUT2D eigenvalue weighted by molar-refractivity contribution is 5.49. The fourth-order valence-corrected chi connectivity index (χ4v) is 2.57. The molecule has 0 aliphatic heterocycles. The van der Waals surface area contributed by atoms with Gasteiger partial charge in [-0.3, -0.25) is 9.67 Å². The number of pyridine rings is 1. The molecule has 0 aliphatic carbocycles. The monoisotopic (exact) mass is 287 g/mol. The van der Waals surface area contributed by atoms with Crippen LogP contribution in [0, 0.1) is 6.92 Å². The molecule has 21 heavy (non-hydrogen) atoms. The topological polar surface area (TPSA) is 46.0 Å². The molecule has 0 atom stereocenters. The Morgan fingerprint density at radius 1 is 1.33 bits per heavy atom. The van der Waals surface area contributed by atoms with Crippen molar-refractivity contribution < 1.29 is 0 Å². The number of nitrogens with zero attached hydrogens (tertiary/aromatic N) is 4. The van der Waals surface area contributed by atoms with Gasteiger partial charge in [-0.2, -0.15) is 5.10 Å². The lowest BCUT2D eigenvalue weighted by molar-refractivity contribution is 0.669. The van der Waals surface area contributed by atoms with Crippen LogP contribution in [0.3, 0.4) is 0 Å². The molecule has 0 fully saturated rings. The van der Waals surface area contributed by atoms with E-state index in [2.05, 4.69) is 47.3 Å². The first-order valence-electron chi connectivity index (χ1n) is 7.47. The third kappa shape index (κ3) is 3.82. The Bertz CT molecular complexity index is 562. The van der Waals surface area contributed by atoms with E-state index in [-0.39, 0.29) is 0 Å². The molecule has 2 rings (SSSR count). The summed E-state index contributed by atoms with van der Waals surface area (Å²) in [7, 11) is 4.09. The van der Waals surface area contributed by atoms with Crippen LogP contribution in [0.2, 0.25) is 0 Å². The Hall–Kier alpha value is -1.88. The highest BCUT2D eigenvalue weighted by Gasteiger charge is 2.16. The zero-order chi connectivity index (χ0) is 15.2. The molecule has 0 saturated carbocycles. The molecule has 0 aromatic carbocycles. The zero-order valence-corrected chi connectivity index (χ0v) is 13.4. The molecule has 2 aromatic heterocycles. The van der Waals surface area contributed by atoms with Crippen molar-refractivity contribution in [1.29, 1.82) is 0 Å². The molecule has 0 saturated heterocycles. The van der Waals surface area contributed by atoms with Gasteiger partial charge in [-0.05, 0) is 32.0 Å². The van der Waals surface area contributed by atoms with E-state index in [1.807, 2.05) is 30.1 Å². The van der Waals surface area contributed by atoms with E-state index in [0.29, 0.717) is 0 Å². The fraction of sp³-hybridized carbons (Fsp3) is 0.500. The lowest BCUT2D eigenvalue weighted by atomic mass is 10.2. The number of nitrogens with one attached hydrogen (secondary N) is 1. The average molecular weight is 287 g/mol. The van der Waals surface area contributed by atoms with Gasteiger partial charge in [0.1, 0.15) is 5.82 Å². The van der Waals surface area contributed by atoms with E-state index in [4.69, 9.17) is 0 Å². The zero-order valence-electron chi connectivity index (χ0n) is 13.4. The standard InChI is InChI=1S/C16H25N5/c1-5-9-17-11-15-13(2)19-21(4)16(15)20(3)12-14-8-6-7-10-18-14/h6-8,10,17H,5,9,11-12H2,1-4H3. The number of aryl methyl sites for hydroxylation is 2. The third-order valence-corrected chi connectivity index (χ3v) is 3.53. The number of hydrogen-bond donors (Lipinski definition) is 1. The van der Waals surface area contributed by atoms with E-state index in [1.54, 1.807) is 0 Å². The lowest BCUT2D eigenvalue weighted by Crippen LogP contribution is -2.23. The van der Waals surface area contributed by atoms with Crippen LogP contribution in [-0.4, -0.2) is 28.4 Å². The van der Waals surface area contributed by atoms with Crippen LogP contribution in [0.25, 0.3) is 0 Å². The number of anilines is 1. The molecule has 0 amide bonds. The predicted molar refractivity (Wildman–Crippen MR) is 86.3 cm³/mol. The van der Waals surface area contributed by atoms with Crippen LogP contribution in [0.1, 0.15) is 30.3 Å². The van der Waals surface area contributed by atoms with Crippen molar-refractivity contribution in [2.75, 3.05) is 18.5 Å². The van der Waals surface area contributed by atoms with Gasteiger partial charge in [0, 0.05) is 32.4 Å². The van der Waals surface area contributed by atoms with Gasteiger partial charge in [0.25, 0.3) is 0 Å². The smallest absolute Gasteiger partial charge is 0.131 e. The van der Waals surface area contributed by atoms with E-state index in [1.165, 1.54) is 5.56 Å². The first kappa shape index (κ1) is 15.5. The Morgan fingerprint density at radius 3 is 2.81 bits per heavy atom. The van der Waals surface area contributed by atoms with E-state index in [9.17, 15) is 0 Å². The average Bonchev–Trinajstić information content (AvgIpc) is 2.74. The summed E-state index contributed by atoms with van der Waals surface area (Å²) < 4.78 is 1.96. The Kier molecular flexibility index (Phi) is 5.33. The minimum absolute atomic E-state index is 0.778. The summed E-state index contributed by atoms with van der Waals surface area (Å²) in [5.41, 5.74) is 3.42. The molecule has 0 unspecified atom stereocenters. The van der Waals surface area contributed by atoms with Crippen LogP contribution >= 0.6 is 0 Å². The van der Waals surface area contributed by atoms with Gasteiger partial charge in [-0.25, -0.2) is 0 Å². The molecular formula is C16H25N5. The minimum atomic E-state index is 0.778. The summed E-state index contributed by atoms with van der Waals surface area (Å²) in [4.78, 5) is 6.61. The second-order valence-electron chi connectivity index (χ2n) is 5.37. The van der Waals surface area contributed by atoms with Crippen molar-refractivity contribution >= 4 is 5.82 Å². The van der Waals surface area contributed by atoms with E-state index >= 15 is 0 Å². The molecule has 0 radical (unpaired) electrons. The Morgan fingerprint density at radius 2 is 2.14 bits per heavy atom. The summed E-state index contributed by atoms with van der Waals surface area (Å²) in [5, 5.41) is 8.04. The van der Waals surface area contributed by atoms with Crippen LogP contribution in [0.15, 0.2) is 24.4 Å². The van der Waals surface area contributed by atoms with Gasteiger partial charge < -0.3 is 10.2 Å². The SMILES string of the molecule is CCCNCc1c(C)nn(C)c1N(C)Cc1ccccn1. The van der Waals surface area contributed by atoms with Crippen molar-refractivity contribution in [2.24, 2.45) is 7.05 Å². The van der Waals surface area contributed by atoms with Gasteiger partial charge in [-0.1, -0.05) is 13.0 Å². The van der Waals surface area contributed by atoms with Crippen molar-refractivity contribution in [3.63, 3.8) is 0 Å². The summed E-state index contributed by atoms with van der Waals surface area (Å²) in [6.45, 7) is 6.91. The first-order valence-corrected chi connectivity index (χ1v) is 7.47. The molecule has 0 bridgehead atoms. The van der Waals surface area contributed by atoms with Crippen molar-refractivity contribution in [3.05, 3.63) is 41.3 Å². The maximum atomic E-state index is 4.57. The molecule has 5 nitrogen and oxygen atoms in total. The number of aromatic nitrogens is 3. The molecule has 0 aliphatic rings. The summed E-state index contributed by atoms with van der Waals surface area (Å²) in [6, 6.07) is 6.01. The fourth-order valence-electron chi connectivity index (χ4n) is 2.57. The Labute approximate surface area is 127 Å². The van der Waals surface area contributed by atoms with Crippen LogP contribution in [0.4, 0.5) is 5.82 Å². The third-order valence-electron chi connectivity index (χ3n) is 3.53. The molecule has 5 heteroatoms. The maximum absolute atomic E-state index is 4.57. The summed E-state index contributed by atoms with van der Waals surface area (Å²) in [6.07, 6.45) is 2.97. The highest BCUT2D eigenvalue weighted by atomic mass is 15.4. The van der Waals surface area contributed by atoms with Gasteiger partial charge in [-0.15, -0.1) is 0 Å². The molecular weight excluding hydrogens is 262 g/mol. The molecule has 2 aromatic rings. The molecule has 0 spiro atoms. The number of hydrogen-bond acceptors (Lipinski definition) is 4. The Balaban J connectivity index is 2.17. The highest BCUT2D eigenvalue weighted by Crippen LogP contribution is 2.23. The van der Waals surface area contributed by atoms with Crippen LogP contribution in [-0.2, 0) is 20.1 Å². The van der Waals surface area contributed by atoms with E-state index in [0.717, 1.165) is 43.3 Å². The van der Waals surface area contributed by atoms with Crippen molar-refractivity contribution in [2.45, 2.75) is 33.4 Å². The van der Waals surface area contributed by atoms with Crippen molar-refractivity contribution in [1.82, 2.24) is 20.1 Å². The summed E-state index contributed by atoms with van der Waals surface area (Å²) in [5.74, 6) is 1.15. The summed E-state index contributed by atoms with van der Waals surface area (Å²) >= 11 is 0. The van der Waals surface area contributed by atoms with Gasteiger partial charge in [0.15, 0.2) is 0 Å². The molecule has 1 N–H and O–H groups in total.